The highest BCUT2D eigenvalue weighted by atomic mass is 16.5. The minimum Gasteiger partial charge on any atom is -0.507 e. The first-order valence-electron chi connectivity index (χ1n) is 12.6. The zero-order valence-corrected chi connectivity index (χ0v) is 21.0. The van der Waals surface area contributed by atoms with Crippen LogP contribution >= 0.6 is 0 Å². The van der Waals surface area contributed by atoms with Gasteiger partial charge in [-0.05, 0) is 43.5 Å². The fraction of sp³-hybridized carbons (Fsp3) is 0.407. The normalized spacial score (nSPS) is 18.7. The Labute approximate surface area is 217 Å². The Balaban J connectivity index is 1.26. The third kappa shape index (κ3) is 6.07. The molecule has 3 aromatic rings. The zero-order chi connectivity index (χ0) is 25.6. The van der Waals surface area contributed by atoms with Crippen LogP contribution in [0, 0.1) is 11.8 Å². The van der Waals surface area contributed by atoms with Crippen molar-refractivity contribution in [3.63, 3.8) is 0 Å². The largest absolute Gasteiger partial charge is 0.507 e. The minimum atomic E-state index is 0.164. The summed E-state index contributed by atoms with van der Waals surface area (Å²) >= 11 is 0. The number of hydrogen-bond acceptors (Lipinski definition) is 10. The fourth-order valence-corrected chi connectivity index (χ4v) is 4.70. The summed E-state index contributed by atoms with van der Waals surface area (Å²) in [5.41, 5.74) is 8.27. The lowest BCUT2D eigenvalue weighted by atomic mass is 10.1. The number of nitrogens with two attached hydrogens (primary N) is 1. The molecule has 10 nitrogen and oxygen atoms in total. The Morgan fingerprint density at radius 1 is 1.08 bits per heavy atom. The number of rotatable bonds is 4. The summed E-state index contributed by atoms with van der Waals surface area (Å²) < 4.78 is 5.59. The molecule has 1 atom stereocenters. The molecule has 0 radical (unpaired) electrons. The number of phenolic OH excluding ortho intramolecular Hbond substituents is 1. The molecule has 10 heteroatoms. The first-order chi connectivity index (χ1) is 18.1. The van der Waals surface area contributed by atoms with Crippen LogP contribution in [0.3, 0.4) is 0 Å². The van der Waals surface area contributed by atoms with Crippen LogP contribution in [0.25, 0.3) is 11.3 Å². The molecule has 4 heterocycles. The number of aromatic nitrogens is 4. The van der Waals surface area contributed by atoms with Crippen molar-refractivity contribution in [1.29, 1.82) is 0 Å². The van der Waals surface area contributed by atoms with Crippen molar-refractivity contribution in [2.75, 3.05) is 68.0 Å². The van der Waals surface area contributed by atoms with Crippen molar-refractivity contribution >= 4 is 17.3 Å². The summed E-state index contributed by atoms with van der Waals surface area (Å²) in [6.07, 6.45) is 2.94. The Morgan fingerprint density at radius 2 is 1.92 bits per heavy atom. The molecule has 2 fully saturated rings. The van der Waals surface area contributed by atoms with Gasteiger partial charge in [0.2, 0.25) is 5.82 Å². The van der Waals surface area contributed by atoms with Crippen LogP contribution in [0.4, 0.5) is 17.3 Å². The third-order valence-electron chi connectivity index (χ3n) is 6.61. The maximum absolute atomic E-state index is 10.2. The highest BCUT2D eigenvalue weighted by Gasteiger charge is 2.20. The average Bonchev–Trinajstić information content (AvgIpc) is 3.16. The molecule has 2 saturated heterocycles. The number of nitrogens with zero attached hydrogens (tertiary/aromatic N) is 7. The maximum atomic E-state index is 10.2. The van der Waals surface area contributed by atoms with Crippen molar-refractivity contribution < 1.29 is 9.84 Å². The van der Waals surface area contributed by atoms with E-state index in [1.807, 2.05) is 24.3 Å². The second-order valence-electron chi connectivity index (χ2n) is 9.30. The molecular formula is C27H32N8O2. The SMILES string of the molecule is C[C@H]1CN(CC#Cc2nccc(N3CCCN(c4cc(-c5ccccc5O)nnc4N)CC3)n2)CCO1. The van der Waals surface area contributed by atoms with Crippen molar-refractivity contribution in [2.45, 2.75) is 19.4 Å². The first-order valence-corrected chi connectivity index (χ1v) is 12.6. The van der Waals surface area contributed by atoms with E-state index < -0.39 is 0 Å². The summed E-state index contributed by atoms with van der Waals surface area (Å²) in [5.74, 6) is 8.29. The zero-order valence-electron chi connectivity index (χ0n) is 21.0. The number of benzene rings is 1. The topological polar surface area (TPSA) is 117 Å². The third-order valence-corrected chi connectivity index (χ3v) is 6.61. The van der Waals surface area contributed by atoms with E-state index in [1.165, 1.54) is 0 Å². The van der Waals surface area contributed by atoms with Gasteiger partial charge in [0.05, 0.1) is 30.6 Å². The Hall–Kier alpha value is -3.94. The van der Waals surface area contributed by atoms with Gasteiger partial charge in [-0.15, -0.1) is 10.2 Å². The highest BCUT2D eigenvalue weighted by Crippen LogP contribution is 2.31. The number of ether oxygens (including phenoxy) is 1. The molecule has 1 aromatic carbocycles. The molecule has 5 rings (SSSR count). The van der Waals surface area contributed by atoms with Gasteiger partial charge in [-0.25, -0.2) is 9.97 Å². The highest BCUT2D eigenvalue weighted by molar-refractivity contribution is 5.74. The number of aromatic hydroxyl groups is 1. The van der Waals surface area contributed by atoms with Crippen molar-refractivity contribution in [2.24, 2.45) is 0 Å². The van der Waals surface area contributed by atoms with Gasteiger partial charge in [0.15, 0.2) is 5.82 Å². The number of nitrogen functional groups attached to an aromatic ring is 1. The molecule has 0 spiro atoms. The minimum absolute atomic E-state index is 0.164. The molecule has 0 amide bonds. The van der Waals surface area contributed by atoms with Crippen LogP contribution in [0.1, 0.15) is 19.2 Å². The number of phenols is 1. The van der Waals surface area contributed by atoms with E-state index in [0.29, 0.717) is 29.4 Å². The fourth-order valence-electron chi connectivity index (χ4n) is 4.70. The van der Waals surface area contributed by atoms with Crippen LogP contribution in [-0.4, -0.2) is 88.7 Å². The lowest BCUT2D eigenvalue weighted by Gasteiger charge is -2.29. The van der Waals surface area contributed by atoms with E-state index in [4.69, 9.17) is 15.5 Å². The summed E-state index contributed by atoms with van der Waals surface area (Å²) in [7, 11) is 0. The molecule has 2 aromatic heterocycles. The van der Waals surface area contributed by atoms with E-state index in [9.17, 15) is 5.11 Å². The van der Waals surface area contributed by atoms with Gasteiger partial charge in [-0.2, -0.15) is 0 Å². The Morgan fingerprint density at radius 3 is 2.78 bits per heavy atom. The van der Waals surface area contributed by atoms with E-state index in [-0.39, 0.29) is 11.9 Å². The molecule has 2 aliphatic heterocycles. The van der Waals surface area contributed by atoms with Gasteiger partial charge in [0.25, 0.3) is 0 Å². The van der Waals surface area contributed by atoms with Crippen LogP contribution in [0.2, 0.25) is 0 Å². The van der Waals surface area contributed by atoms with Crippen LogP contribution < -0.4 is 15.5 Å². The Kier molecular flexibility index (Phi) is 7.63. The van der Waals surface area contributed by atoms with Gasteiger partial charge in [0, 0.05) is 51.0 Å². The molecular weight excluding hydrogens is 468 g/mol. The summed E-state index contributed by atoms with van der Waals surface area (Å²) in [6, 6.07) is 10.9. The lowest BCUT2D eigenvalue weighted by Crippen LogP contribution is -2.41. The first kappa shape index (κ1) is 24.7. The number of para-hydroxylation sites is 1. The monoisotopic (exact) mass is 500 g/mol. The summed E-state index contributed by atoms with van der Waals surface area (Å²) in [6.45, 7) is 8.50. The van der Waals surface area contributed by atoms with Crippen LogP contribution in [0.5, 0.6) is 5.75 Å². The number of morpholine rings is 1. The average molecular weight is 501 g/mol. The van der Waals surface area contributed by atoms with Crippen molar-refractivity contribution in [3.8, 4) is 28.8 Å². The molecule has 0 bridgehead atoms. The smallest absolute Gasteiger partial charge is 0.206 e. The van der Waals surface area contributed by atoms with E-state index in [0.717, 1.165) is 63.8 Å². The van der Waals surface area contributed by atoms with E-state index in [2.05, 4.69) is 48.6 Å². The second kappa shape index (κ2) is 11.4. The lowest BCUT2D eigenvalue weighted by molar-refractivity contribution is -0.0133. The molecule has 0 unspecified atom stereocenters. The van der Waals surface area contributed by atoms with Gasteiger partial charge in [-0.3, -0.25) is 4.90 Å². The van der Waals surface area contributed by atoms with Gasteiger partial charge in [0.1, 0.15) is 11.6 Å². The van der Waals surface area contributed by atoms with Gasteiger partial charge in [-0.1, -0.05) is 18.1 Å². The van der Waals surface area contributed by atoms with E-state index >= 15 is 0 Å². The number of anilines is 3. The second-order valence-corrected chi connectivity index (χ2v) is 9.30. The van der Waals surface area contributed by atoms with Gasteiger partial charge < -0.3 is 25.4 Å². The molecule has 3 N–H and O–H groups in total. The predicted molar refractivity (Wildman–Crippen MR) is 143 cm³/mol. The van der Waals surface area contributed by atoms with Crippen molar-refractivity contribution in [3.05, 3.63) is 48.4 Å². The summed E-state index contributed by atoms with van der Waals surface area (Å²) in [4.78, 5) is 15.8. The maximum Gasteiger partial charge on any atom is 0.206 e. The molecule has 192 valence electrons. The molecule has 37 heavy (non-hydrogen) atoms. The predicted octanol–water partition coefficient (Wildman–Crippen LogP) is 2.01. The number of hydrogen-bond donors (Lipinski definition) is 2. The molecule has 0 saturated carbocycles. The van der Waals surface area contributed by atoms with E-state index in [1.54, 1.807) is 18.3 Å². The standard InChI is InChI=1S/C27H32N8O2/c1-20-19-33(16-17-37-20)11-4-8-25-29-10-9-26(30-25)35-13-5-12-34(14-15-35)23-18-22(31-32-27(23)28)21-6-2-3-7-24(21)36/h2-3,6-7,9-10,18,20,36H,5,11-17,19H2,1H3,(H2,28,32)/t20-/m0/s1. The van der Waals surface area contributed by atoms with Crippen LogP contribution in [-0.2, 0) is 4.74 Å². The molecule has 2 aliphatic rings. The quantitative estimate of drug-likeness (QED) is 0.515. The molecule has 0 aliphatic carbocycles. The summed E-state index contributed by atoms with van der Waals surface area (Å²) in [5, 5.41) is 18.6. The van der Waals surface area contributed by atoms with Gasteiger partial charge >= 0.3 is 0 Å². The Bertz CT molecular complexity index is 1290. The van der Waals surface area contributed by atoms with Crippen molar-refractivity contribution in [1.82, 2.24) is 25.1 Å². The van der Waals surface area contributed by atoms with Crippen LogP contribution in [0.15, 0.2) is 42.6 Å².